The van der Waals surface area contributed by atoms with Crippen LogP contribution in [0.25, 0.3) is 0 Å². The topological polar surface area (TPSA) is 66.8 Å². The molecule has 4 heteroatoms. The van der Waals surface area contributed by atoms with E-state index < -0.39 is 12.1 Å². The molecule has 1 unspecified atom stereocenters. The number of carboxylic acids is 1. The Morgan fingerprint density at radius 3 is 2.80 bits per heavy atom. The molecule has 1 atom stereocenters. The third-order valence-electron chi connectivity index (χ3n) is 1.94. The van der Waals surface area contributed by atoms with Gasteiger partial charge in [0.1, 0.15) is 0 Å². The lowest BCUT2D eigenvalue weighted by atomic mass is 10.1. The van der Waals surface area contributed by atoms with Gasteiger partial charge in [0, 0.05) is 0 Å². The van der Waals surface area contributed by atoms with E-state index in [1.54, 1.807) is 18.2 Å². The molecule has 15 heavy (non-hydrogen) atoms. The summed E-state index contributed by atoms with van der Waals surface area (Å²) in [5.41, 5.74) is 1.57. The average molecular weight is 210 g/mol. The first kappa shape index (κ1) is 11.7. The lowest BCUT2D eigenvalue weighted by Gasteiger charge is -2.13. The highest BCUT2D eigenvalue weighted by molar-refractivity contribution is 5.74. The van der Waals surface area contributed by atoms with E-state index in [1.165, 1.54) is 0 Å². The number of ether oxygens (including phenoxy) is 1. The van der Waals surface area contributed by atoms with Crippen molar-refractivity contribution >= 4 is 5.97 Å². The van der Waals surface area contributed by atoms with Crippen molar-refractivity contribution in [3.8, 4) is 0 Å². The van der Waals surface area contributed by atoms with Crippen LogP contribution in [0.1, 0.15) is 17.2 Å². The number of hydrogen-bond acceptors (Lipinski definition) is 3. The number of carbonyl (C=O) groups is 1. The van der Waals surface area contributed by atoms with Crippen LogP contribution in [0.5, 0.6) is 0 Å². The zero-order valence-electron chi connectivity index (χ0n) is 8.51. The molecule has 1 aromatic carbocycles. The molecular weight excluding hydrogens is 196 g/mol. The highest BCUT2D eigenvalue weighted by Crippen LogP contribution is 2.18. The minimum atomic E-state index is -1.05. The van der Waals surface area contributed by atoms with E-state index >= 15 is 0 Å². The molecule has 4 nitrogen and oxygen atoms in total. The normalized spacial score (nSPS) is 12.4. The molecule has 0 aromatic heterocycles. The Labute approximate surface area is 88.1 Å². The van der Waals surface area contributed by atoms with Gasteiger partial charge >= 0.3 is 5.97 Å². The molecule has 0 aliphatic heterocycles. The molecule has 0 heterocycles. The molecule has 0 spiro atoms. The van der Waals surface area contributed by atoms with Crippen LogP contribution >= 0.6 is 0 Å². The first-order valence-corrected chi connectivity index (χ1v) is 4.67. The lowest BCUT2D eigenvalue weighted by Crippen LogP contribution is -2.17. The summed E-state index contributed by atoms with van der Waals surface area (Å²) in [6.45, 7) is 1.72. The summed E-state index contributed by atoms with van der Waals surface area (Å²) >= 11 is 0. The fraction of sp³-hybridized carbons (Fsp3) is 0.364. The highest BCUT2D eigenvalue weighted by Gasteiger charge is 2.19. The van der Waals surface area contributed by atoms with Crippen molar-refractivity contribution in [2.24, 2.45) is 0 Å². The molecule has 0 aliphatic carbocycles. The first-order valence-electron chi connectivity index (χ1n) is 4.67. The largest absolute Gasteiger partial charge is 0.479 e. The van der Waals surface area contributed by atoms with Crippen LogP contribution < -0.4 is 0 Å². The number of aryl methyl sites for hydroxylation is 1. The van der Waals surface area contributed by atoms with Gasteiger partial charge in [0.15, 0.2) is 6.10 Å². The van der Waals surface area contributed by atoms with Gasteiger partial charge in [-0.3, -0.25) is 0 Å². The summed E-state index contributed by atoms with van der Waals surface area (Å²) < 4.78 is 5.04. The molecule has 1 aromatic rings. The van der Waals surface area contributed by atoms with Gasteiger partial charge in [-0.05, 0) is 12.5 Å². The zero-order chi connectivity index (χ0) is 11.3. The van der Waals surface area contributed by atoms with Crippen LogP contribution in [-0.2, 0) is 9.53 Å². The van der Waals surface area contributed by atoms with Crippen molar-refractivity contribution in [2.45, 2.75) is 13.0 Å². The maximum atomic E-state index is 10.9. The minimum absolute atomic E-state index is 0.0188. The van der Waals surface area contributed by atoms with Crippen molar-refractivity contribution < 1.29 is 19.7 Å². The molecule has 2 N–H and O–H groups in total. The standard InChI is InChI=1S/C11H14O4/c1-8-3-2-4-9(7-8)10(11(13)14)15-6-5-12/h2-4,7,10,12H,5-6H2,1H3,(H,13,14). The maximum Gasteiger partial charge on any atom is 0.337 e. The van der Waals surface area contributed by atoms with E-state index in [2.05, 4.69) is 0 Å². The van der Waals surface area contributed by atoms with Gasteiger partial charge in [-0.15, -0.1) is 0 Å². The molecule has 0 saturated carbocycles. The monoisotopic (exact) mass is 210 g/mol. The second kappa shape index (κ2) is 5.48. The van der Waals surface area contributed by atoms with Crippen molar-refractivity contribution in [1.29, 1.82) is 0 Å². The van der Waals surface area contributed by atoms with E-state index in [-0.39, 0.29) is 13.2 Å². The SMILES string of the molecule is Cc1cccc(C(OCCO)C(=O)O)c1. The number of aliphatic hydroxyl groups is 1. The number of carboxylic acid groups (broad SMARTS) is 1. The van der Waals surface area contributed by atoms with Gasteiger partial charge < -0.3 is 14.9 Å². The number of benzene rings is 1. The predicted molar refractivity (Wildman–Crippen MR) is 54.6 cm³/mol. The maximum absolute atomic E-state index is 10.9. The Morgan fingerprint density at radius 1 is 1.53 bits per heavy atom. The minimum Gasteiger partial charge on any atom is -0.479 e. The number of aliphatic carboxylic acids is 1. The fourth-order valence-electron chi connectivity index (χ4n) is 1.31. The van der Waals surface area contributed by atoms with Gasteiger partial charge in [-0.25, -0.2) is 4.79 Å². The fourth-order valence-corrected chi connectivity index (χ4v) is 1.31. The number of hydrogen-bond donors (Lipinski definition) is 2. The molecule has 0 fully saturated rings. The second-order valence-electron chi connectivity index (χ2n) is 3.23. The average Bonchev–Trinajstić information content (AvgIpc) is 2.18. The highest BCUT2D eigenvalue weighted by atomic mass is 16.5. The first-order chi connectivity index (χ1) is 7.15. The third kappa shape index (κ3) is 3.34. The molecule has 0 aliphatic rings. The van der Waals surface area contributed by atoms with E-state index in [1.807, 2.05) is 13.0 Å². The van der Waals surface area contributed by atoms with Gasteiger partial charge in [-0.1, -0.05) is 29.8 Å². The van der Waals surface area contributed by atoms with Gasteiger partial charge in [0.25, 0.3) is 0 Å². The molecule has 1 rings (SSSR count). The van der Waals surface area contributed by atoms with Crippen molar-refractivity contribution in [3.05, 3.63) is 35.4 Å². The Balaban J connectivity index is 2.84. The van der Waals surface area contributed by atoms with E-state index in [0.717, 1.165) is 5.56 Å². The van der Waals surface area contributed by atoms with Crippen LogP contribution in [0.4, 0.5) is 0 Å². The van der Waals surface area contributed by atoms with Gasteiger partial charge in [-0.2, -0.15) is 0 Å². The summed E-state index contributed by atoms with van der Waals surface area (Å²) in [6.07, 6.45) is -1.00. The Bertz CT molecular complexity index is 335. The number of rotatable bonds is 5. The molecular formula is C11H14O4. The van der Waals surface area contributed by atoms with Crippen LogP contribution in [0.2, 0.25) is 0 Å². The summed E-state index contributed by atoms with van der Waals surface area (Å²) in [5.74, 6) is -1.05. The molecule has 0 radical (unpaired) electrons. The second-order valence-corrected chi connectivity index (χ2v) is 3.23. The van der Waals surface area contributed by atoms with Crippen LogP contribution in [0, 0.1) is 6.92 Å². The van der Waals surface area contributed by atoms with E-state index in [9.17, 15) is 4.79 Å². The Kier molecular flexibility index (Phi) is 4.27. The number of aliphatic hydroxyl groups excluding tert-OH is 1. The Morgan fingerprint density at radius 2 is 2.27 bits per heavy atom. The Hall–Kier alpha value is -1.39. The van der Waals surface area contributed by atoms with E-state index in [4.69, 9.17) is 14.9 Å². The lowest BCUT2D eigenvalue weighted by molar-refractivity contribution is -0.151. The van der Waals surface area contributed by atoms with Gasteiger partial charge in [0.05, 0.1) is 13.2 Å². The summed E-state index contributed by atoms with van der Waals surface area (Å²) in [4.78, 5) is 10.9. The molecule has 82 valence electrons. The van der Waals surface area contributed by atoms with Crippen LogP contribution in [-0.4, -0.2) is 29.4 Å². The third-order valence-corrected chi connectivity index (χ3v) is 1.94. The zero-order valence-corrected chi connectivity index (χ0v) is 8.51. The van der Waals surface area contributed by atoms with Crippen molar-refractivity contribution in [3.63, 3.8) is 0 Å². The summed E-state index contributed by atoms with van der Waals surface area (Å²) in [5, 5.41) is 17.5. The van der Waals surface area contributed by atoms with Crippen molar-refractivity contribution in [2.75, 3.05) is 13.2 Å². The smallest absolute Gasteiger partial charge is 0.337 e. The summed E-state index contributed by atoms with van der Waals surface area (Å²) in [7, 11) is 0. The van der Waals surface area contributed by atoms with Crippen LogP contribution in [0.15, 0.2) is 24.3 Å². The molecule has 0 amide bonds. The molecule has 0 bridgehead atoms. The van der Waals surface area contributed by atoms with Crippen molar-refractivity contribution in [1.82, 2.24) is 0 Å². The predicted octanol–water partition coefficient (Wildman–Crippen LogP) is 1.13. The van der Waals surface area contributed by atoms with E-state index in [0.29, 0.717) is 5.56 Å². The van der Waals surface area contributed by atoms with Gasteiger partial charge in [0.2, 0.25) is 0 Å². The quantitative estimate of drug-likeness (QED) is 0.764. The van der Waals surface area contributed by atoms with Crippen LogP contribution in [0.3, 0.4) is 0 Å². The summed E-state index contributed by atoms with van der Waals surface area (Å²) in [6, 6.07) is 7.12. The molecule has 0 saturated heterocycles.